The summed E-state index contributed by atoms with van der Waals surface area (Å²) in [7, 11) is 2.65. The Hall–Kier alpha value is -2.12. The van der Waals surface area contributed by atoms with Crippen molar-refractivity contribution in [2.75, 3.05) is 38.2 Å². The lowest BCUT2D eigenvalue weighted by atomic mass is 9.96. The minimum Gasteiger partial charge on any atom is -0.480 e. The molecule has 2 aromatic rings. The van der Waals surface area contributed by atoms with Crippen molar-refractivity contribution in [2.45, 2.75) is 76.3 Å². The number of ether oxygens (including phenoxy) is 2. The molecule has 0 bridgehead atoms. The minimum absolute atomic E-state index is 0.150. The average Bonchev–Trinajstić information content (AvgIpc) is 3.39. The Kier molecular flexibility index (Phi) is 9.17. The number of likely N-dealkylation sites (tertiary alicyclic amines) is 1. The summed E-state index contributed by atoms with van der Waals surface area (Å²) in [5.41, 5.74) is 3.59. The van der Waals surface area contributed by atoms with E-state index in [9.17, 15) is 9.90 Å². The topological polar surface area (TPSA) is 83.9 Å². The molecule has 3 aliphatic rings. The second-order valence-electron chi connectivity index (χ2n) is 11.6. The van der Waals surface area contributed by atoms with Gasteiger partial charge in [-0.3, -0.25) is 9.69 Å². The molecule has 1 aromatic heterocycles. The van der Waals surface area contributed by atoms with Crippen molar-refractivity contribution in [1.82, 2.24) is 9.88 Å². The number of hydrogen-bond acceptors (Lipinski definition) is 6. The smallest absolute Gasteiger partial charge is 0.325 e. The number of carboxylic acids is 1. The Morgan fingerprint density at radius 3 is 2.95 bits per heavy atom. The molecule has 4 heterocycles. The van der Waals surface area contributed by atoms with Gasteiger partial charge in [-0.2, -0.15) is 0 Å². The Labute approximate surface area is 233 Å². The highest BCUT2D eigenvalue weighted by Gasteiger charge is 2.38. The molecule has 2 saturated heterocycles. The van der Waals surface area contributed by atoms with Gasteiger partial charge in [0.15, 0.2) is 0 Å². The van der Waals surface area contributed by atoms with Crippen molar-refractivity contribution in [1.29, 1.82) is 0 Å². The summed E-state index contributed by atoms with van der Waals surface area (Å²) in [5.74, 6) is -0.0506. The van der Waals surface area contributed by atoms with Crippen molar-refractivity contribution < 1.29 is 23.8 Å². The van der Waals surface area contributed by atoms with Gasteiger partial charge < -0.3 is 19.9 Å². The Morgan fingerprint density at radius 2 is 2.18 bits per heavy atom. The van der Waals surface area contributed by atoms with Gasteiger partial charge in [-0.25, -0.2) is 9.37 Å². The van der Waals surface area contributed by atoms with E-state index in [1.807, 2.05) is 30.0 Å². The van der Waals surface area contributed by atoms with Crippen LogP contribution in [-0.4, -0.2) is 65.6 Å². The predicted octanol–water partition coefficient (Wildman–Crippen LogP) is 4.44. The number of rotatable bonds is 12. The van der Waals surface area contributed by atoms with Crippen LogP contribution < -0.4 is 10.6 Å². The average molecular weight is 558 g/mol. The molecule has 0 saturated carbocycles. The molecule has 39 heavy (non-hydrogen) atoms. The van der Waals surface area contributed by atoms with Crippen LogP contribution in [0.1, 0.15) is 67.5 Å². The van der Waals surface area contributed by atoms with Crippen molar-refractivity contribution in [3.05, 3.63) is 52.7 Å². The molecule has 7 nitrogen and oxygen atoms in total. The van der Waals surface area contributed by atoms with Gasteiger partial charge in [-0.1, -0.05) is 24.6 Å². The number of nitrogens with one attached hydrogen (secondary N) is 1. The van der Waals surface area contributed by atoms with E-state index in [1.54, 1.807) is 0 Å². The van der Waals surface area contributed by atoms with E-state index in [4.69, 9.17) is 14.5 Å². The molecule has 0 amide bonds. The molecule has 0 spiro atoms. The lowest BCUT2D eigenvalue weighted by Crippen LogP contribution is -2.49. The van der Waals surface area contributed by atoms with Crippen molar-refractivity contribution in [3.63, 3.8) is 0 Å². The first-order valence-electron chi connectivity index (χ1n) is 14.2. The van der Waals surface area contributed by atoms with E-state index in [1.165, 1.54) is 5.56 Å². The molecular weight excluding hydrogens is 516 g/mol. The summed E-state index contributed by atoms with van der Waals surface area (Å²) in [4.78, 5) is 19.2. The quantitative estimate of drug-likeness (QED) is 0.295. The summed E-state index contributed by atoms with van der Waals surface area (Å²) in [5, 5.41) is 14.5. The van der Waals surface area contributed by atoms with Crippen LogP contribution >= 0.6 is 9.24 Å². The second-order valence-corrected chi connectivity index (χ2v) is 12.2. The van der Waals surface area contributed by atoms with Crippen molar-refractivity contribution in [3.8, 4) is 0 Å². The standard InChI is InChI=1S/C30H41FN3O4P/c1-30(18-37-19-30)38-17-22-9-11-24(39)15-25(22)27(29(35)36)34-14-12-21(16-34)26(31)7-3-2-6-23-10-8-20-5-4-13-32-28(20)33-23/h8-11,15,21,26-27H,2-7,12-14,16-19,39H2,1H3,(H,32,33)(H,35,36). The molecule has 4 unspecified atom stereocenters. The van der Waals surface area contributed by atoms with Gasteiger partial charge in [-0.05, 0) is 86.1 Å². The third-order valence-corrected chi connectivity index (χ3v) is 8.70. The number of anilines is 1. The van der Waals surface area contributed by atoms with E-state index in [0.717, 1.165) is 66.6 Å². The van der Waals surface area contributed by atoms with Crippen LogP contribution in [0.15, 0.2) is 30.3 Å². The molecule has 9 heteroatoms. The number of carbonyl (C=O) groups is 1. The number of alkyl halides is 1. The monoisotopic (exact) mass is 557 g/mol. The van der Waals surface area contributed by atoms with Gasteiger partial charge in [0.1, 0.15) is 23.6 Å². The van der Waals surface area contributed by atoms with Gasteiger partial charge in [0.05, 0.1) is 19.8 Å². The van der Waals surface area contributed by atoms with Crippen molar-refractivity contribution in [2.24, 2.45) is 5.92 Å². The molecule has 1 aromatic carbocycles. The normalized spacial score (nSPS) is 22.0. The maximum Gasteiger partial charge on any atom is 0.325 e. The molecule has 0 aliphatic carbocycles. The van der Waals surface area contributed by atoms with E-state index >= 15 is 4.39 Å². The first-order chi connectivity index (χ1) is 18.8. The van der Waals surface area contributed by atoms with Gasteiger partial charge >= 0.3 is 5.97 Å². The van der Waals surface area contributed by atoms with Crippen LogP contribution in [0, 0.1) is 5.92 Å². The summed E-state index contributed by atoms with van der Waals surface area (Å²) in [6, 6.07) is 9.24. The SMILES string of the molecule is CC1(OCc2ccc(P)cc2C(C(=O)O)N2CCC(C(F)CCCCc3ccc4c(n3)NCCC4)C2)COC1. The minimum atomic E-state index is -0.933. The number of unbranched alkanes of at least 4 members (excludes halogenated alkanes) is 1. The third-order valence-electron chi connectivity index (χ3n) is 8.34. The molecule has 3 aliphatic heterocycles. The van der Waals surface area contributed by atoms with Gasteiger partial charge in [-0.15, -0.1) is 9.24 Å². The molecule has 2 N–H and O–H groups in total. The summed E-state index contributed by atoms with van der Waals surface area (Å²) >= 11 is 0. The predicted molar refractivity (Wildman–Crippen MR) is 153 cm³/mol. The number of halogens is 1. The van der Waals surface area contributed by atoms with Crippen LogP contribution in [-0.2, 0) is 33.7 Å². The zero-order valence-electron chi connectivity index (χ0n) is 22.8. The number of pyridine rings is 1. The van der Waals surface area contributed by atoms with E-state index in [0.29, 0.717) is 45.8 Å². The largest absolute Gasteiger partial charge is 0.480 e. The lowest BCUT2D eigenvalue weighted by Gasteiger charge is -2.38. The number of carboxylic acid groups (broad SMARTS) is 1. The number of benzene rings is 1. The number of nitrogens with zero attached hydrogens (tertiary/aromatic N) is 2. The van der Waals surface area contributed by atoms with E-state index in [-0.39, 0.29) is 11.5 Å². The lowest BCUT2D eigenvalue weighted by molar-refractivity contribution is -0.204. The van der Waals surface area contributed by atoms with Gasteiger partial charge in [0, 0.05) is 24.7 Å². The first-order valence-corrected chi connectivity index (χ1v) is 14.8. The van der Waals surface area contributed by atoms with Crippen LogP contribution in [0.3, 0.4) is 0 Å². The zero-order valence-corrected chi connectivity index (χ0v) is 24.0. The van der Waals surface area contributed by atoms with Crippen LogP contribution in [0.4, 0.5) is 10.2 Å². The highest BCUT2D eigenvalue weighted by Crippen LogP contribution is 2.34. The van der Waals surface area contributed by atoms with Gasteiger partial charge in [0.2, 0.25) is 0 Å². The molecular formula is C30H41FN3O4P. The van der Waals surface area contributed by atoms with E-state index in [2.05, 4.69) is 26.7 Å². The van der Waals surface area contributed by atoms with Crippen LogP contribution in [0.25, 0.3) is 0 Å². The fourth-order valence-corrected chi connectivity index (χ4v) is 6.22. The van der Waals surface area contributed by atoms with Crippen molar-refractivity contribution >= 4 is 26.3 Å². The third kappa shape index (κ3) is 6.97. The number of aryl methyl sites for hydroxylation is 2. The molecule has 212 valence electrons. The van der Waals surface area contributed by atoms with E-state index < -0.39 is 18.2 Å². The highest BCUT2D eigenvalue weighted by atomic mass is 31.0. The molecule has 5 rings (SSSR count). The van der Waals surface area contributed by atoms with Crippen LogP contribution in [0.5, 0.6) is 0 Å². The second kappa shape index (κ2) is 12.6. The summed E-state index contributed by atoms with van der Waals surface area (Å²) < 4.78 is 26.7. The Bertz CT molecular complexity index is 1160. The number of hydrogen-bond donors (Lipinski definition) is 2. The fraction of sp³-hybridized carbons (Fsp3) is 0.600. The number of aliphatic carboxylic acids is 1. The number of fused-ring (bicyclic) bond motifs is 1. The molecule has 2 fully saturated rings. The molecule has 4 atom stereocenters. The number of aromatic nitrogens is 1. The zero-order chi connectivity index (χ0) is 27.4. The summed E-state index contributed by atoms with van der Waals surface area (Å²) in [6.07, 6.45) is 5.00. The first kappa shape index (κ1) is 28.4. The fourth-order valence-electron chi connectivity index (χ4n) is 5.94. The molecule has 0 radical (unpaired) electrons. The highest BCUT2D eigenvalue weighted by molar-refractivity contribution is 7.27. The Balaban J connectivity index is 1.15. The van der Waals surface area contributed by atoms with Gasteiger partial charge in [0.25, 0.3) is 0 Å². The maximum atomic E-state index is 15.3. The summed E-state index contributed by atoms with van der Waals surface area (Å²) in [6.45, 7) is 5.40. The Morgan fingerprint density at radius 1 is 1.33 bits per heavy atom. The van der Waals surface area contributed by atoms with Crippen LogP contribution in [0.2, 0.25) is 0 Å². The maximum absolute atomic E-state index is 15.3.